The third kappa shape index (κ3) is 7.36. The molecule has 0 aromatic heterocycles. The van der Waals surface area contributed by atoms with Crippen LogP contribution in [0.25, 0.3) is 0 Å². The molecule has 1 atom stereocenters. The molecule has 0 heterocycles. The van der Waals surface area contributed by atoms with Crippen molar-refractivity contribution >= 4 is 6.16 Å². The van der Waals surface area contributed by atoms with Crippen molar-refractivity contribution in [2.24, 2.45) is 0 Å². The van der Waals surface area contributed by atoms with E-state index in [1.54, 1.807) is 12.1 Å². The lowest BCUT2D eigenvalue weighted by Crippen LogP contribution is -2.37. The van der Waals surface area contributed by atoms with E-state index in [0.29, 0.717) is 18.1 Å². The Hall–Kier alpha value is -3.67. The Morgan fingerprint density at radius 1 is 0.620 bits per heavy atom. The molecule has 3 aromatic carbocycles. The summed E-state index contributed by atoms with van der Waals surface area (Å²) in [5, 5.41) is 44.5. The summed E-state index contributed by atoms with van der Waals surface area (Å²) in [7, 11) is 0. The number of rotatable bonds is 9. The van der Waals surface area contributed by atoms with E-state index in [2.05, 4.69) is 13.0 Å². The number of phenols is 3. The fraction of sp³-hybridized carbons (Fsp3) is 0.568. The van der Waals surface area contributed by atoms with Crippen molar-refractivity contribution in [1.82, 2.24) is 0 Å². The van der Waals surface area contributed by atoms with Crippen LogP contribution in [0.3, 0.4) is 0 Å². The minimum atomic E-state index is -1.43. The lowest BCUT2D eigenvalue weighted by molar-refractivity contribution is -0.00618. The molecule has 270 valence electrons. The topological polar surface area (TPSA) is 107 Å². The zero-order valence-corrected chi connectivity index (χ0v) is 30.7. The SMILES string of the molecule is Cc1cc(O)c(C2CCCCC2)cc1C(C)CC(OC(=O)O)(c1cc(C2CCCCC2)c(O)cc1C)c1cc(C2CCCCC2)c(O)cc1C. The first kappa shape index (κ1) is 36.1. The summed E-state index contributed by atoms with van der Waals surface area (Å²) in [4.78, 5) is 13.0. The van der Waals surface area contributed by atoms with Crippen LogP contribution in [0.2, 0.25) is 0 Å². The van der Waals surface area contributed by atoms with Crippen LogP contribution < -0.4 is 0 Å². The number of phenolic OH excluding ortho intramolecular Hbond substituents is 3. The van der Waals surface area contributed by atoms with Crippen LogP contribution in [0.15, 0.2) is 36.4 Å². The molecule has 3 aromatic rings. The smallest absolute Gasteiger partial charge is 0.507 e. The molecule has 50 heavy (non-hydrogen) atoms. The zero-order chi connectivity index (χ0) is 35.6. The second-order valence-electron chi connectivity index (χ2n) is 16.0. The molecule has 6 nitrogen and oxygen atoms in total. The first-order valence-electron chi connectivity index (χ1n) is 19.4. The molecule has 0 bridgehead atoms. The number of aromatic hydroxyl groups is 3. The maximum absolute atomic E-state index is 13.0. The first-order chi connectivity index (χ1) is 24.0. The molecule has 0 radical (unpaired) electrons. The van der Waals surface area contributed by atoms with Crippen molar-refractivity contribution in [3.63, 3.8) is 0 Å². The highest BCUT2D eigenvalue weighted by molar-refractivity contribution is 5.62. The van der Waals surface area contributed by atoms with E-state index >= 15 is 0 Å². The van der Waals surface area contributed by atoms with Crippen LogP contribution in [0, 0.1) is 20.8 Å². The number of carbonyl (C=O) groups is 1. The van der Waals surface area contributed by atoms with Crippen LogP contribution in [0.4, 0.5) is 4.79 Å². The highest BCUT2D eigenvalue weighted by Gasteiger charge is 2.44. The van der Waals surface area contributed by atoms with Gasteiger partial charge in [0, 0.05) is 17.5 Å². The molecule has 0 saturated heterocycles. The van der Waals surface area contributed by atoms with Gasteiger partial charge in [0.05, 0.1) is 0 Å². The summed E-state index contributed by atoms with van der Waals surface area (Å²) >= 11 is 0. The van der Waals surface area contributed by atoms with E-state index in [4.69, 9.17) is 4.74 Å². The van der Waals surface area contributed by atoms with Gasteiger partial charge in [-0.05, 0) is 152 Å². The number of hydrogen-bond acceptors (Lipinski definition) is 5. The van der Waals surface area contributed by atoms with E-state index in [0.717, 1.165) is 127 Å². The molecule has 0 amide bonds. The van der Waals surface area contributed by atoms with Gasteiger partial charge in [-0.1, -0.05) is 70.8 Å². The van der Waals surface area contributed by atoms with Crippen molar-refractivity contribution in [3.8, 4) is 17.2 Å². The largest absolute Gasteiger partial charge is 0.508 e. The monoisotopic (exact) mass is 682 g/mol. The molecule has 3 aliphatic carbocycles. The molecule has 6 heteroatoms. The molecular formula is C44H58O6. The highest BCUT2D eigenvalue weighted by atomic mass is 16.7. The molecular weight excluding hydrogens is 624 g/mol. The fourth-order valence-electron chi connectivity index (χ4n) is 9.98. The molecule has 3 fully saturated rings. The van der Waals surface area contributed by atoms with Gasteiger partial charge in [0.1, 0.15) is 17.2 Å². The average Bonchev–Trinajstić information content (AvgIpc) is 3.09. The van der Waals surface area contributed by atoms with Gasteiger partial charge in [0.15, 0.2) is 5.60 Å². The maximum atomic E-state index is 13.0. The lowest BCUT2D eigenvalue weighted by atomic mass is 9.71. The van der Waals surface area contributed by atoms with Gasteiger partial charge < -0.3 is 25.2 Å². The van der Waals surface area contributed by atoms with Gasteiger partial charge in [0.2, 0.25) is 0 Å². The zero-order valence-electron chi connectivity index (χ0n) is 30.7. The van der Waals surface area contributed by atoms with Gasteiger partial charge in [-0.15, -0.1) is 0 Å². The molecule has 0 spiro atoms. The third-order valence-corrected chi connectivity index (χ3v) is 12.6. The van der Waals surface area contributed by atoms with Crippen molar-refractivity contribution in [3.05, 3.63) is 86.5 Å². The minimum absolute atomic E-state index is 0.157. The van der Waals surface area contributed by atoms with Crippen molar-refractivity contribution in [1.29, 1.82) is 0 Å². The molecule has 4 N–H and O–H groups in total. The first-order valence-corrected chi connectivity index (χ1v) is 19.4. The van der Waals surface area contributed by atoms with E-state index < -0.39 is 11.8 Å². The van der Waals surface area contributed by atoms with Crippen LogP contribution in [0.1, 0.15) is 183 Å². The maximum Gasteiger partial charge on any atom is 0.507 e. The summed E-state index contributed by atoms with van der Waals surface area (Å²) < 4.78 is 6.34. The number of aryl methyl sites for hydroxylation is 3. The third-order valence-electron chi connectivity index (χ3n) is 12.6. The van der Waals surface area contributed by atoms with Crippen LogP contribution in [-0.4, -0.2) is 26.6 Å². The summed E-state index contributed by atoms with van der Waals surface area (Å²) in [5.74, 6) is 1.40. The molecule has 6 rings (SSSR count). The number of hydrogen-bond donors (Lipinski definition) is 4. The Kier molecular flexibility index (Phi) is 11.0. The Labute approximate surface area is 298 Å². The van der Waals surface area contributed by atoms with Gasteiger partial charge in [-0.25, -0.2) is 4.79 Å². The van der Waals surface area contributed by atoms with Gasteiger partial charge >= 0.3 is 6.16 Å². The van der Waals surface area contributed by atoms with E-state index in [1.165, 1.54) is 19.3 Å². The molecule has 3 aliphatic rings. The summed E-state index contributed by atoms with van der Waals surface area (Å²) in [6, 6.07) is 11.7. The van der Waals surface area contributed by atoms with Crippen molar-refractivity contribution in [2.75, 3.05) is 0 Å². The Morgan fingerprint density at radius 2 is 0.980 bits per heavy atom. The van der Waals surface area contributed by atoms with Crippen LogP contribution in [-0.2, 0) is 10.3 Å². The second kappa shape index (κ2) is 15.3. The predicted molar refractivity (Wildman–Crippen MR) is 199 cm³/mol. The highest BCUT2D eigenvalue weighted by Crippen LogP contribution is 2.51. The quantitative estimate of drug-likeness (QED) is 0.167. The van der Waals surface area contributed by atoms with E-state index in [9.17, 15) is 25.2 Å². The summed E-state index contributed by atoms with van der Waals surface area (Å²) in [6.07, 6.45) is 15.4. The van der Waals surface area contributed by atoms with E-state index in [1.807, 2.05) is 39.0 Å². The predicted octanol–water partition coefficient (Wildman–Crippen LogP) is 12.0. The fourth-order valence-corrected chi connectivity index (χ4v) is 9.98. The standard InChI is InChI=1S/C44H58O6/c1-27-20-40(45)35(31-14-8-5-9-15-31)23-34(27)30(4)26-44(50-43(48)49,38-24-36(41(46)21-28(38)2)32-16-10-6-11-17-32)39-25-37(42(47)22-29(39)3)33-18-12-7-13-19-33/h20-25,30-33,45-47H,5-19,26H2,1-4H3,(H,48,49). The molecule has 3 saturated carbocycles. The van der Waals surface area contributed by atoms with E-state index in [-0.39, 0.29) is 29.3 Å². The molecule has 1 unspecified atom stereocenters. The van der Waals surface area contributed by atoms with Crippen LogP contribution >= 0.6 is 0 Å². The van der Waals surface area contributed by atoms with Gasteiger partial charge in [-0.2, -0.15) is 0 Å². The Morgan fingerprint density at radius 3 is 1.36 bits per heavy atom. The normalized spacial score (nSPS) is 19.0. The Balaban J connectivity index is 1.56. The van der Waals surface area contributed by atoms with Gasteiger partial charge in [0.25, 0.3) is 0 Å². The number of carboxylic acid groups (broad SMARTS) is 1. The van der Waals surface area contributed by atoms with Crippen molar-refractivity contribution < 1.29 is 30.0 Å². The molecule has 0 aliphatic heterocycles. The van der Waals surface area contributed by atoms with Crippen molar-refractivity contribution in [2.45, 2.75) is 160 Å². The van der Waals surface area contributed by atoms with Crippen LogP contribution in [0.5, 0.6) is 17.2 Å². The average molecular weight is 683 g/mol. The minimum Gasteiger partial charge on any atom is -0.508 e. The number of benzene rings is 3. The van der Waals surface area contributed by atoms with Gasteiger partial charge in [-0.3, -0.25) is 0 Å². The second-order valence-corrected chi connectivity index (χ2v) is 16.0. The Bertz CT molecular complexity index is 1600. The lowest BCUT2D eigenvalue weighted by Gasteiger charge is -2.39. The summed E-state index contributed by atoms with van der Waals surface area (Å²) in [5.41, 5.74) is 6.37. The number of ether oxygens (including phenoxy) is 1. The summed E-state index contributed by atoms with van der Waals surface area (Å²) in [6.45, 7) is 8.04.